The Morgan fingerprint density at radius 3 is 2.62 bits per heavy atom. The second kappa shape index (κ2) is 10.5. The van der Waals surface area contributed by atoms with Crippen LogP contribution in [0.5, 0.6) is 11.5 Å². The molecular weight excluding hydrogens is 508 g/mol. The Morgan fingerprint density at radius 1 is 1.11 bits per heavy atom. The maximum Gasteiger partial charge on any atom is 0.267 e. The topological polar surface area (TPSA) is 76.4 Å². The fraction of sp³-hybridized carbons (Fsp3) is 0.333. The Morgan fingerprint density at radius 2 is 1.86 bits per heavy atom. The van der Waals surface area contributed by atoms with Crippen molar-refractivity contribution in [1.29, 1.82) is 0 Å². The number of aryl methyl sites for hydroxylation is 1. The number of hydrogen-bond donors (Lipinski definition) is 0. The quantitative estimate of drug-likeness (QED) is 0.301. The molecule has 3 aromatic rings. The normalized spacial score (nSPS) is 15.9. The number of rotatable bonds is 8. The molecule has 37 heavy (non-hydrogen) atoms. The Bertz CT molecular complexity index is 1480. The van der Waals surface area contributed by atoms with Crippen molar-refractivity contribution in [3.63, 3.8) is 0 Å². The molecule has 0 radical (unpaired) electrons. The summed E-state index contributed by atoms with van der Waals surface area (Å²) in [5, 5.41) is 0. The van der Waals surface area contributed by atoms with Gasteiger partial charge in [-0.15, -0.1) is 0 Å². The monoisotopic (exact) mass is 536 g/mol. The number of carbonyl (C=O) groups is 1. The molecule has 0 atom stereocenters. The molecule has 1 saturated heterocycles. The van der Waals surface area contributed by atoms with Gasteiger partial charge < -0.3 is 14.4 Å². The minimum atomic E-state index is -0.232. The van der Waals surface area contributed by atoms with E-state index in [1.807, 2.05) is 37.3 Å². The van der Waals surface area contributed by atoms with Gasteiger partial charge in [0, 0.05) is 19.3 Å². The molecule has 2 aliphatic rings. The third kappa shape index (κ3) is 4.95. The lowest BCUT2D eigenvalue weighted by Crippen LogP contribution is -2.31. The molecular formula is C27H28N4O4S2. The van der Waals surface area contributed by atoms with Crippen molar-refractivity contribution in [2.24, 2.45) is 0 Å². The molecule has 1 fully saturated rings. The fourth-order valence-corrected chi connectivity index (χ4v) is 5.70. The summed E-state index contributed by atoms with van der Waals surface area (Å²) in [6, 6.07) is 9.37. The summed E-state index contributed by atoms with van der Waals surface area (Å²) in [6.45, 7) is 8.13. The number of ether oxygens (including phenoxy) is 2. The molecule has 4 heterocycles. The van der Waals surface area contributed by atoms with Crippen molar-refractivity contribution in [3.05, 3.63) is 68.5 Å². The molecule has 10 heteroatoms. The molecule has 0 N–H and O–H groups in total. The van der Waals surface area contributed by atoms with Crippen LogP contribution in [0, 0.1) is 6.92 Å². The van der Waals surface area contributed by atoms with Crippen LogP contribution in [0.25, 0.3) is 11.7 Å². The van der Waals surface area contributed by atoms with Crippen LogP contribution in [0.4, 0.5) is 5.82 Å². The third-order valence-corrected chi connectivity index (χ3v) is 7.58. The van der Waals surface area contributed by atoms with Crippen molar-refractivity contribution >= 4 is 51.7 Å². The molecule has 8 nitrogen and oxygen atoms in total. The molecule has 192 valence electrons. The highest BCUT2D eigenvalue weighted by Gasteiger charge is 2.33. The van der Waals surface area contributed by atoms with Gasteiger partial charge in [-0.25, -0.2) is 4.98 Å². The largest absolute Gasteiger partial charge is 0.454 e. The molecule has 5 rings (SSSR count). The number of nitrogens with zero attached hydrogens (tertiary/aromatic N) is 4. The van der Waals surface area contributed by atoms with Gasteiger partial charge in [0.2, 0.25) is 6.79 Å². The minimum absolute atomic E-state index is 0.187. The van der Waals surface area contributed by atoms with Gasteiger partial charge in [-0.05, 0) is 55.2 Å². The maximum atomic E-state index is 13.7. The highest BCUT2D eigenvalue weighted by Crippen LogP contribution is 2.37. The van der Waals surface area contributed by atoms with Gasteiger partial charge in [0.05, 0.1) is 17.0 Å². The fourth-order valence-electron chi connectivity index (χ4n) is 4.47. The number of fused-ring (bicyclic) bond motifs is 2. The number of hydrogen-bond acceptors (Lipinski definition) is 8. The lowest BCUT2D eigenvalue weighted by molar-refractivity contribution is -0.122. The summed E-state index contributed by atoms with van der Waals surface area (Å²) >= 11 is 6.77. The van der Waals surface area contributed by atoms with E-state index in [1.54, 1.807) is 21.6 Å². The lowest BCUT2D eigenvalue weighted by Gasteiger charge is -2.24. The van der Waals surface area contributed by atoms with E-state index in [0.717, 1.165) is 37.1 Å². The number of pyridine rings is 1. The van der Waals surface area contributed by atoms with Crippen molar-refractivity contribution < 1.29 is 14.3 Å². The van der Waals surface area contributed by atoms with E-state index in [1.165, 1.54) is 11.8 Å². The smallest absolute Gasteiger partial charge is 0.267 e. The molecule has 2 aromatic heterocycles. The zero-order valence-electron chi connectivity index (χ0n) is 21.0. The van der Waals surface area contributed by atoms with E-state index in [4.69, 9.17) is 26.7 Å². The SMILES string of the molecule is CCCN(CCC)c1nc2ccc(C)cn2c(=O)c1/C=C1\SC(=S)N(Cc2ccc3c(c2)OCO3)C1=O. The molecule has 0 spiro atoms. The van der Waals surface area contributed by atoms with Crippen molar-refractivity contribution in [2.45, 2.75) is 40.2 Å². The number of anilines is 1. The van der Waals surface area contributed by atoms with Crippen molar-refractivity contribution in [3.8, 4) is 11.5 Å². The predicted octanol–water partition coefficient (Wildman–Crippen LogP) is 4.76. The van der Waals surface area contributed by atoms with Crippen LogP contribution in [0.1, 0.15) is 43.4 Å². The Balaban J connectivity index is 1.54. The summed E-state index contributed by atoms with van der Waals surface area (Å²) in [4.78, 5) is 36.2. The Labute approximate surface area is 224 Å². The number of amides is 1. The molecule has 0 saturated carbocycles. The standard InChI is InChI=1S/C27H28N4O4S2/c1-4-10-29(11-5-2)24-19(25(32)30-14-17(3)6-9-23(30)28-24)13-22-26(33)31(27(36)37-22)15-18-7-8-20-21(12-18)35-16-34-20/h6-9,12-14H,4-5,10-11,15-16H2,1-3H3/b22-13-. The van der Waals surface area contributed by atoms with E-state index in [2.05, 4.69) is 18.7 Å². The van der Waals surface area contributed by atoms with Gasteiger partial charge in [0.15, 0.2) is 11.5 Å². The van der Waals surface area contributed by atoms with Crippen LogP contribution in [0.15, 0.2) is 46.2 Å². The molecule has 0 unspecified atom stereocenters. The number of aromatic nitrogens is 2. The summed E-state index contributed by atoms with van der Waals surface area (Å²) in [7, 11) is 0. The lowest BCUT2D eigenvalue weighted by atomic mass is 10.2. The third-order valence-electron chi connectivity index (χ3n) is 6.20. The number of carbonyl (C=O) groups excluding carboxylic acids is 1. The van der Waals surface area contributed by atoms with E-state index >= 15 is 0 Å². The Hall–Kier alpha value is -3.37. The summed E-state index contributed by atoms with van der Waals surface area (Å²) < 4.78 is 12.8. The van der Waals surface area contributed by atoms with Gasteiger partial charge >= 0.3 is 0 Å². The summed E-state index contributed by atoms with van der Waals surface area (Å²) in [5.74, 6) is 1.70. The second-order valence-corrected chi connectivity index (χ2v) is 10.7. The zero-order chi connectivity index (χ0) is 26.1. The molecule has 1 amide bonds. The van der Waals surface area contributed by atoms with E-state index < -0.39 is 0 Å². The molecule has 0 bridgehead atoms. The minimum Gasteiger partial charge on any atom is -0.454 e. The first-order chi connectivity index (χ1) is 17.9. The van der Waals surface area contributed by atoms with Gasteiger partial charge in [0.25, 0.3) is 11.5 Å². The first-order valence-electron chi connectivity index (χ1n) is 12.3. The molecule has 2 aliphatic heterocycles. The highest BCUT2D eigenvalue weighted by molar-refractivity contribution is 8.26. The second-order valence-electron chi connectivity index (χ2n) is 9.03. The molecule has 1 aromatic carbocycles. The zero-order valence-corrected chi connectivity index (χ0v) is 22.7. The predicted molar refractivity (Wildman–Crippen MR) is 150 cm³/mol. The van der Waals surface area contributed by atoms with Gasteiger partial charge in [0.1, 0.15) is 15.8 Å². The van der Waals surface area contributed by atoms with Gasteiger partial charge in [-0.1, -0.05) is 50.0 Å². The number of thiocarbonyl (C=S) groups is 1. The van der Waals surface area contributed by atoms with Crippen molar-refractivity contribution in [2.75, 3.05) is 24.8 Å². The van der Waals surface area contributed by atoms with Crippen molar-refractivity contribution in [1.82, 2.24) is 14.3 Å². The average Bonchev–Trinajstić information content (AvgIpc) is 3.45. The van der Waals surface area contributed by atoms with Crippen LogP contribution in [0.3, 0.4) is 0 Å². The van der Waals surface area contributed by atoms with E-state index in [9.17, 15) is 9.59 Å². The van der Waals surface area contributed by atoms with E-state index in [-0.39, 0.29) is 18.3 Å². The first-order valence-corrected chi connectivity index (χ1v) is 13.5. The van der Waals surface area contributed by atoms with E-state index in [0.29, 0.717) is 44.3 Å². The van der Waals surface area contributed by atoms with Gasteiger partial charge in [-0.2, -0.15) is 0 Å². The summed E-state index contributed by atoms with van der Waals surface area (Å²) in [5.41, 5.74) is 2.59. The van der Waals surface area contributed by atoms with Gasteiger partial charge in [-0.3, -0.25) is 18.9 Å². The highest BCUT2D eigenvalue weighted by atomic mass is 32.2. The maximum absolute atomic E-state index is 13.7. The summed E-state index contributed by atoms with van der Waals surface area (Å²) in [6.07, 6.45) is 5.26. The number of benzene rings is 1. The molecule has 0 aliphatic carbocycles. The van der Waals surface area contributed by atoms with Crippen LogP contribution >= 0.6 is 24.0 Å². The average molecular weight is 537 g/mol. The van der Waals surface area contributed by atoms with Crippen LogP contribution in [-0.2, 0) is 11.3 Å². The Kier molecular flexibility index (Phi) is 7.21. The van der Waals surface area contributed by atoms with Crippen LogP contribution in [-0.4, -0.2) is 44.4 Å². The number of thioether (sulfide) groups is 1. The van der Waals surface area contributed by atoms with Crippen LogP contribution in [0.2, 0.25) is 0 Å². The van der Waals surface area contributed by atoms with Crippen LogP contribution < -0.4 is 19.9 Å². The first kappa shape index (κ1) is 25.3.